The molecule has 0 aliphatic rings. The molecule has 17 heavy (non-hydrogen) atoms. The second-order valence-corrected chi connectivity index (χ2v) is 7.81. The maximum Gasteiger partial charge on any atom is 0.245 e. The minimum atomic E-state index is -4.03. The van der Waals surface area contributed by atoms with E-state index in [1.807, 2.05) is 0 Å². The third-order valence-corrected chi connectivity index (χ3v) is 5.31. The predicted molar refractivity (Wildman–Crippen MR) is 66.4 cm³/mol. The molecule has 1 aromatic heterocycles. The first-order valence-electron chi connectivity index (χ1n) is 4.06. The molecule has 0 aliphatic heterocycles. The first-order chi connectivity index (χ1) is 7.53. The molecule has 0 aromatic carbocycles. The number of halogens is 2. The Morgan fingerprint density at radius 2 is 1.53 bits per heavy atom. The van der Waals surface area contributed by atoms with E-state index in [-0.39, 0.29) is 19.7 Å². The topological polar surface area (TPSA) is 84.4 Å². The van der Waals surface area contributed by atoms with Crippen LogP contribution in [-0.2, 0) is 20.0 Å². The molecule has 10 heteroatoms. The Morgan fingerprint density at radius 3 is 1.88 bits per heavy atom. The summed E-state index contributed by atoms with van der Waals surface area (Å²) in [4.78, 5) is 3.58. The van der Waals surface area contributed by atoms with E-state index in [2.05, 4.69) is 4.98 Å². The van der Waals surface area contributed by atoms with Crippen LogP contribution in [0.1, 0.15) is 0 Å². The van der Waals surface area contributed by atoms with Crippen molar-refractivity contribution in [2.45, 2.75) is 0 Å². The Morgan fingerprint density at radius 1 is 1.06 bits per heavy atom. The van der Waals surface area contributed by atoms with Gasteiger partial charge in [0.1, 0.15) is 10.8 Å². The summed E-state index contributed by atoms with van der Waals surface area (Å²) in [7, 11) is -8.07. The number of rotatable bonds is 3. The van der Waals surface area contributed by atoms with Crippen LogP contribution >= 0.6 is 23.2 Å². The number of aromatic nitrogens is 1. The molecule has 1 heterocycles. The first kappa shape index (κ1) is 14.5. The molecule has 0 amide bonds. The van der Waals surface area contributed by atoms with E-state index >= 15 is 0 Å². The Kier molecular flexibility index (Phi) is 3.92. The fourth-order valence-corrected chi connectivity index (χ4v) is 4.65. The van der Waals surface area contributed by atoms with E-state index < -0.39 is 20.0 Å². The smallest absolute Gasteiger partial charge is 0.222 e. The average molecular weight is 319 g/mol. The largest absolute Gasteiger partial charge is 0.245 e. The fraction of sp³-hybridized carbons (Fsp3) is 0.286. The van der Waals surface area contributed by atoms with Crippen molar-refractivity contribution in [3.05, 3.63) is 22.4 Å². The van der Waals surface area contributed by atoms with Crippen LogP contribution < -0.4 is 3.71 Å². The third kappa shape index (κ3) is 3.44. The molecule has 0 aliphatic carbocycles. The number of nitrogens with zero attached hydrogens (tertiary/aromatic N) is 2. The number of pyridine rings is 1. The molecular weight excluding hydrogens is 311 g/mol. The zero-order valence-electron chi connectivity index (χ0n) is 8.75. The van der Waals surface area contributed by atoms with Crippen LogP contribution in [0.25, 0.3) is 0 Å². The van der Waals surface area contributed by atoms with E-state index in [0.29, 0.717) is 0 Å². The summed E-state index contributed by atoms with van der Waals surface area (Å²) in [5.41, 5.74) is -0.263. The zero-order chi connectivity index (χ0) is 13.4. The van der Waals surface area contributed by atoms with Crippen LogP contribution in [0.3, 0.4) is 0 Å². The van der Waals surface area contributed by atoms with Crippen molar-refractivity contribution >= 4 is 48.9 Å². The lowest BCUT2D eigenvalue weighted by molar-refractivity contribution is 0.590. The summed E-state index contributed by atoms with van der Waals surface area (Å²) in [5.74, 6) is 0. The van der Waals surface area contributed by atoms with Crippen molar-refractivity contribution in [3.8, 4) is 0 Å². The van der Waals surface area contributed by atoms with Crippen molar-refractivity contribution in [1.29, 1.82) is 0 Å². The van der Waals surface area contributed by atoms with Gasteiger partial charge in [-0.05, 0) is 12.1 Å². The van der Waals surface area contributed by atoms with Crippen LogP contribution in [0.15, 0.2) is 12.1 Å². The Hall–Kier alpha value is -0.570. The highest BCUT2D eigenvalue weighted by Crippen LogP contribution is 2.29. The number of sulfonamides is 2. The maximum atomic E-state index is 11.4. The van der Waals surface area contributed by atoms with E-state index in [9.17, 15) is 16.8 Å². The van der Waals surface area contributed by atoms with Crippen LogP contribution in [0.4, 0.5) is 5.69 Å². The normalized spacial score (nSPS) is 12.5. The molecule has 0 unspecified atom stereocenters. The third-order valence-electron chi connectivity index (χ3n) is 1.59. The Balaban J connectivity index is 3.56. The van der Waals surface area contributed by atoms with Crippen molar-refractivity contribution in [2.75, 3.05) is 16.2 Å². The van der Waals surface area contributed by atoms with Crippen molar-refractivity contribution in [1.82, 2.24) is 4.98 Å². The van der Waals surface area contributed by atoms with Gasteiger partial charge >= 0.3 is 0 Å². The van der Waals surface area contributed by atoms with Crippen LogP contribution in [0, 0.1) is 0 Å². The van der Waals surface area contributed by atoms with Gasteiger partial charge in [0, 0.05) is 0 Å². The SMILES string of the molecule is CS(=O)(=O)N(c1ccc(Cl)nc1Cl)S(C)(=O)=O. The van der Waals surface area contributed by atoms with Gasteiger partial charge in [-0.1, -0.05) is 23.2 Å². The summed E-state index contributed by atoms with van der Waals surface area (Å²) in [6, 6.07) is 2.41. The molecule has 0 spiro atoms. The van der Waals surface area contributed by atoms with Gasteiger partial charge in [-0.15, -0.1) is 0 Å². The van der Waals surface area contributed by atoms with Gasteiger partial charge in [0.05, 0.1) is 12.5 Å². The van der Waals surface area contributed by atoms with Crippen molar-refractivity contribution in [2.24, 2.45) is 0 Å². The van der Waals surface area contributed by atoms with Gasteiger partial charge in [0.25, 0.3) is 0 Å². The second-order valence-electron chi connectivity index (χ2n) is 3.17. The van der Waals surface area contributed by atoms with Crippen LogP contribution in [-0.4, -0.2) is 34.3 Å². The molecule has 0 bridgehead atoms. The predicted octanol–water partition coefficient (Wildman–Crippen LogP) is 1.11. The van der Waals surface area contributed by atoms with Gasteiger partial charge in [-0.2, -0.15) is 3.71 Å². The average Bonchev–Trinajstić information content (AvgIpc) is 2.04. The summed E-state index contributed by atoms with van der Waals surface area (Å²) in [6.07, 6.45) is 1.50. The van der Waals surface area contributed by atoms with Gasteiger partial charge < -0.3 is 0 Å². The van der Waals surface area contributed by atoms with Crippen LogP contribution in [0.2, 0.25) is 10.3 Å². The molecule has 0 saturated heterocycles. The summed E-state index contributed by atoms with van der Waals surface area (Å²) in [5, 5.41) is -0.283. The van der Waals surface area contributed by atoms with E-state index in [1.165, 1.54) is 12.1 Å². The lowest BCUT2D eigenvalue weighted by atomic mass is 10.4. The standard InChI is InChI=1S/C7H8Cl2N2O4S2/c1-16(12,13)11(17(2,14)15)5-3-4-6(8)10-7(5)9/h3-4H,1-2H3. The molecule has 6 nitrogen and oxygen atoms in total. The fourth-order valence-electron chi connectivity index (χ4n) is 1.14. The quantitative estimate of drug-likeness (QED) is 0.779. The van der Waals surface area contributed by atoms with Gasteiger partial charge in [0.15, 0.2) is 5.15 Å². The van der Waals surface area contributed by atoms with Crippen molar-refractivity contribution < 1.29 is 16.8 Å². The molecule has 1 rings (SSSR count). The molecule has 96 valence electrons. The number of anilines is 1. The summed E-state index contributed by atoms with van der Waals surface area (Å²) >= 11 is 11.2. The van der Waals surface area contributed by atoms with Crippen molar-refractivity contribution in [3.63, 3.8) is 0 Å². The van der Waals surface area contributed by atoms with Gasteiger partial charge in [0.2, 0.25) is 20.0 Å². The van der Waals surface area contributed by atoms with Gasteiger partial charge in [-0.3, -0.25) is 0 Å². The number of hydrogen-bond acceptors (Lipinski definition) is 5. The monoisotopic (exact) mass is 318 g/mol. The molecule has 0 radical (unpaired) electrons. The lowest BCUT2D eigenvalue weighted by Gasteiger charge is -2.20. The number of hydrogen-bond donors (Lipinski definition) is 0. The molecule has 0 fully saturated rings. The molecule has 0 saturated carbocycles. The van der Waals surface area contributed by atoms with E-state index in [0.717, 1.165) is 12.5 Å². The maximum absolute atomic E-state index is 11.4. The highest BCUT2D eigenvalue weighted by Gasteiger charge is 2.29. The van der Waals surface area contributed by atoms with E-state index in [4.69, 9.17) is 23.2 Å². The second kappa shape index (κ2) is 4.60. The Labute approximate surface area is 109 Å². The first-order valence-corrected chi connectivity index (χ1v) is 8.51. The molecular formula is C7H8Cl2N2O4S2. The highest BCUT2D eigenvalue weighted by atomic mass is 35.5. The molecule has 1 aromatic rings. The minimum absolute atomic E-state index is 0.0284. The molecule has 0 N–H and O–H groups in total. The highest BCUT2D eigenvalue weighted by molar-refractivity contribution is 8.09. The minimum Gasteiger partial charge on any atom is -0.222 e. The summed E-state index contributed by atoms with van der Waals surface area (Å²) in [6.45, 7) is 0. The summed E-state index contributed by atoms with van der Waals surface area (Å²) < 4.78 is 46.0. The zero-order valence-corrected chi connectivity index (χ0v) is 11.9. The lowest BCUT2D eigenvalue weighted by Crippen LogP contribution is -2.35. The van der Waals surface area contributed by atoms with Crippen LogP contribution in [0.5, 0.6) is 0 Å². The van der Waals surface area contributed by atoms with E-state index in [1.54, 1.807) is 0 Å². The molecule has 0 atom stereocenters. The van der Waals surface area contributed by atoms with Gasteiger partial charge in [-0.25, -0.2) is 21.8 Å². The Bertz CT molecular complexity index is 610.